The summed E-state index contributed by atoms with van der Waals surface area (Å²) < 4.78 is 11.1. The molecule has 0 spiro atoms. The third-order valence-electron chi connectivity index (χ3n) is 4.37. The van der Waals surface area contributed by atoms with Crippen molar-refractivity contribution in [2.75, 3.05) is 31.1 Å². The number of carbonyl (C=O) groups excluding carboxylic acids is 1. The van der Waals surface area contributed by atoms with Crippen molar-refractivity contribution in [1.82, 2.24) is 9.88 Å². The third-order valence-corrected chi connectivity index (χ3v) is 4.37. The Kier molecular flexibility index (Phi) is 4.35. The second-order valence-corrected chi connectivity index (χ2v) is 6.16. The monoisotopic (exact) mass is 353 g/mol. The highest BCUT2D eigenvalue weighted by Crippen LogP contribution is 2.25. The van der Waals surface area contributed by atoms with Crippen LogP contribution in [-0.4, -0.2) is 47.3 Å². The number of piperazine rings is 1. The molecule has 7 heteroatoms. The van der Waals surface area contributed by atoms with Crippen LogP contribution < -0.4 is 4.90 Å². The maximum Gasteiger partial charge on any atom is 0.410 e. The van der Waals surface area contributed by atoms with Gasteiger partial charge in [0.05, 0.1) is 0 Å². The molecule has 0 radical (unpaired) electrons. The van der Waals surface area contributed by atoms with Crippen molar-refractivity contribution in [2.24, 2.45) is 0 Å². The minimum Gasteiger partial charge on any atom is -0.508 e. The van der Waals surface area contributed by atoms with Crippen LogP contribution in [0, 0.1) is 0 Å². The molecule has 0 aliphatic carbocycles. The van der Waals surface area contributed by atoms with Gasteiger partial charge < -0.3 is 24.1 Å². The van der Waals surface area contributed by atoms with Gasteiger partial charge in [0.1, 0.15) is 17.9 Å². The zero-order valence-corrected chi connectivity index (χ0v) is 14.2. The maximum atomic E-state index is 12.2. The van der Waals surface area contributed by atoms with Crippen LogP contribution in [0.25, 0.3) is 11.1 Å². The second-order valence-electron chi connectivity index (χ2n) is 6.16. The van der Waals surface area contributed by atoms with Crippen LogP contribution in [0.15, 0.2) is 52.9 Å². The van der Waals surface area contributed by atoms with Crippen LogP contribution in [-0.2, 0) is 11.3 Å². The van der Waals surface area contributed by atoms with E-state index in [9.17, 15) is 9.90 Å². The van der Waals surface area contributed by atoms with Crippen LogP contribution in [0.3, 0.4) is 0 Å². The fourth-order valence-electron chi connectivity index (χ4n) is 2.93. The Hall–Kier alpha value is -3.22. The fraction of sp³-hybridized carbons (Fsp3) is 0.263. The normalized spacial score (nSPS) is 14.6. The number of oxazole rings is 1. The molecule has 2 heterocycles. The van der Waals surface area contributed by atoms with E-state index in [4.69, 9.17) is 9.15 Å². The Morgan fingerprint density at radius 2 is 1.88 bits per heavy atom. The molecular formula is C19H19N3O4. The number of ether oxygens (including phenoxy) is 1. The Balaban J connectivity index is 1.33. The SMILES string of the molecule is O=C(OCc1ccccc1)N1CCN(c2nc3cc(O)ccc3o2)CC1. The summed E-state index contributed by atoms with van der Waals surface area (Å²) in [4.78, 5) is 20.3. The van der Waals surface area contributed by atoms with Crippen LogP contribution in [0.4, 0.5) is 10.8 Å². The smallest absolute Gasteiger partial charge is 0.410 e. The molecule has 1 aliphatic rings. The molecule has 0 bridgehead atoms. The van der Waals surface area contributed by atoms with Crippen LogP contribution in [0.1, 0.15) is 5.56 Å². The molecule has 1 N–H and O–H groups in total. The summed E-state index contributed by atoms with van der Waals surface area (Å²) in [5.74, 6) is 0.156. The van der Waals surface area contributed by atoms with Gasteiger partial charge in [-0.1, -0.05) is 30.3 Å². The van der Waals surface area contributed by atoms with Crippen LogP contribution in [0.5, 0.6) is 5.75 Å². The lowest BCUT2D eigenvalue weighted by Crippen LogP contribution is -2.49. The van der Waals surface area contributed by atoms with E-state index in [0.29, 0.717) is 43.3 Å². The van der Waals surface area contributed by atoms with Crippen molar-refractivity contribution < 1.29 is 19.1 Å². The number of benzene rings is 2. The number of fused-ring (bicyclic) bond motifs is 1. The van der Waals surface area contributed by atoms with Crippen molar-refractivity contribution in [3.63, 3.8) is 0 Å². The number of aromatic nitrogens is 1. The molecule has 0 atom stereocenters. The molecule has 0 saturated carbocycles. The number of nitrogens with zero attached hydrogens (tertiary/aromatic N) is 3. The molecule has 1 aromatic heterocycles. The van der Waals surface area contributed by atoms with Crippen molar-refractivity contribution in [2.45, 2.75) is 6.61 Å². The van der Waals surface area contributed by atoms with Gasteiger partial charge in [0.25, 0.3) is 6.01 Å². The predicted molar refractivity (Wildman–Crippen MR) is 96.1 cm³/mol. The first-order valence-corrected chi connectivity index (χ1v) is 8.49. The number of carbonyl (C=O) groups is 1. The van der Waals surface area contributed by atoms with E-state index in [1.807, 2.05) is 35.2 Å². The zero-order chi connectivity index (χ0) is 17.9. The number of rotatable bonds is 3. The average molecular weight is 353 g/mol. The molecule has 3 aromatic rings. The maximum absolute atomic E-state index is 12.2. The standard InChI is InChI=1S/C19H19N3O4/c23-15-6-7-17-16(12-15)20-18(26-17)21-8-10-22(11-9-21)19(24)25-13-14-4-2-1-3-5-14/h1-7,12,23H,8-11,13H2. The molecule has 134 valence electrons. The van der Waals surface area contributed by atoms with E-state index in [0.717, 1.165) is 5.56 Å². The topological polar surface area (TPSA) is 79.0 Å². The molecule has 0 unspecified atom stereocenters. The summed E-state index contributed by atoms with van der Waals surface area (Å²) >= 11 is 0. The van der Waals surface area contributed by atoms with Crippen LogP contribution in [0.2, 0.25) is 0 Å². The van der Waals surface area contributed by atoms with Crippen molar-refractivity contribution in [3.05, 3.63) is 54.1 Å². The highest BCUT2D eigenvalue weighted by atomic mass is 16.6. The summed E-state index contributed by atoms with van der Waals surface area (Å²) in [6, 6.07) is 15.0. The minimum atomic E-state index is -0.309. The van der Waals surface area contributed by atoms with Gasteiger partial charge in [-0.25, -0.2) is 4.79 Å². The first-order chi connectivity index (χ1) is 12.7. The Morgan fingerprint density at radius 1 is 1.12 bits per heavy atom. The Bertz CT molecular complexity index is 902. The Labute approximate surface area is 150 Å². The second kappa shape index (κ2) is 6.95. The van der Waals surface area contributed by atoms with Gasteiger partial charge in [-0.05, 0) is 17.7 Å². The van der Waals surface area contributed by atoms with E-state index < -0.39 is 0 Å². The van der Waals surface area contributed by atoms with Gasteiger partial charge in [0, 0.05) is 32.2 Å². The van der Waals surface area contributed by atoms with Gasteiger partial charge in [-0.3, -0.25) is 0 Å². The number of hydrogen-bond acceptors (Lipinski definition) is 6. The molecule has 26 heavy (non-hydrogen) atoms. The summed E-state index contributed by atoms with van der Waals surface area (Å²) in [6.07, 6.45) is -0.309. The van der Waals surface area contributed by atoms with E-state index >= 15 is 0 Å². The molecule has 1 saturated heterocycles. The molecular weight excluding hydrogens is 334 g/mol. The van der Waals surface area contributed by atoms with Crippen molar-refractivity contribution >= 4 is 23.2 Å². The first-order valence-electron chi connectivity index (χ1n) is 8.49. The molecule has 1 fully saturated rings. The third kappa shape index (κ3) is 3.42. The van der Waals surface area contributed by atoms with Gasteiger partial charge in [0.2, 0.25) is 0 Å². The van der Waals surface area contributed by atoms with E-state index in [-0.39, 0.29) is 18.4 Å². The number of hydrogen-bond donors (Lipinski definition) is 1. The van der Waals surface area contributed by atoms with E-state index in [1.54, 1.807) is 23.1 Å². The molecule has 4 rings (SSSR count). The van der Waals surface area contributed by atoms with Crippen LogP contribution >= 0.6 is 0 Å². The Morgan fingerprint density at radius 3 is 2.65 bits per heavy atom. The highest BCUT2D eigenvalue weighted by molar-refractivity contribution is 5.76. The lowest BCUT2D eigenvalue weighted by Gasteiger charge is -2.33. The average Bonchev–Trinajstić information content (AvgIpc) is 3.10. The lowest BCUT2D eigenvalue weighted by molar-refractivity contribution is 0.0938. The summed E-state index contributed by atoms with van der Waals surface area (Å²) in [5, 5.41) is 9.53. The molecule has 7 nitrogen and oxygen atoms in total. The fourth-order valence-corrected chi connectivity index (χ4v) is 2.93. The lowest BCUT2D eigenvalue weighted by atomic mass is 10.2. The van der Waals surface area contributed by atoms with Gasteiger partial charge in [-0.15, -0.1) is 0 Å². The number of phenols is 1. The summed E-state index contributed by atoms with van der Waals surface area (Å²) in [7, 11) is 0. The largest absolute Gasteiger partial charge is 0.508 e. The molecule has 1 amide bonds. The van der Waals surface area contributed by atoms with Crippen molar-refractivity contribution in [3.8, 4) is 5.75 Å². The van der Waals surface area contributed by atoms with Gasteiger partial charge >= 0.3 is 6.09 Å². The van der Waals surface area contributed by atoms with Crippen molar-refractivity contribution in [1.29, 1.82) is 0 Å². The number of phenolic OH excluding ortho intramolecular Hbond substituents is 1. The summed E-state index contributed by atoms with van der Waals surface area (Å²) in [5.41, 5.74) is 2.21. The minimum absolute atomic E-state index is 0.156. The number of anilines is 1. The predicted octanol–water partition coefficient (Wildman–Crippen LogP) is 2.99. The number of aromatic hydroxyl groups is 1. The number of amides is 1. The molecule has 1 aliphatic heterocycles. The van der Waals surface area contributed by atoms with E-state index in [2.05, 4.69) is 4.98 Å². The van der Waals surface area contributed by atoms with Gasteiger partial charge in [0.15, 0.2) is 5.58 Å². The van der Waals surface area contributed by atoms with Gasteiger partial charge in [-0.2, -0.15) is 4.98 Å². The summed E-state index contributed by atoms with van der Waals surface area (Å²) in [6.45, 7) is 2.57. The first kappa shape index (κ1) is 16.3. The quantitative estimate of drug-likeness (QED) is 0.780. The highest BCUT2D eigenvalue weighted by Gasteiger charge is 2.25. The molecule has 2 aromatic carbocycles. The van der Waals surface area contributed by atoms with E-state index in [1.165, 1.54) is 0 Å². The zero-order valence-electron chi connectivity index (χ0n) is 14.2.